The van der Waals surface area contributed by atoms with E-state index in [0.717, 1.165) is 11.1 Å². The lowest BCUT2D eigenvalue weighted by molar-refractivity contribution is 0.316. The Bertz CT molecular complexity index is 1380. The van der Waals surface area contributed by atoms with Gasteiger partial charge in [-0.2, -0.15) is 0 Å². The number of rotatable bonds is 4. The van der Waals surface area contributed by atoms with Crippen LogP contribution in [-0.2, 0) is 10.0 Å². The van der Waals surface area contributed by atoms with Crippen LogP contribution in [0.1, 0.15) is 5.89 Å². The smallest absolute Gasteiger partial charge is 0.316 e. The Hall–Kier alpha value is -3.66. The monoisotopic (exact) mass is 438 g/mol. The molecule has 0 spiro atoms. The standard InChI is InChI=1S/C21H18N4O5S/c1-13-24-17-5-4-16(10-20(17)30-13)31(26,27)25-7-8-29-19-6-3-14(9-18(19)25)15-11-22-21(28-2)23-12-15/h3-6,9-12H,7-8H2,1-2H3. The number of fused-ring (bicyclic) bond motifs is 2. The molecule has 0 unspecified atom stereocenters. The largest absolute Gasteiger partial charge is 0.489 e. The highest BCUT2D eigenvalue weighted by atomic mass is 32.2. The van der Waals surface area contributed by atoms with Crippen molar-refractivity contribution in [1.29, 1.82) is 0 Å². The van der Waals surface area contributed by atoms with Crippen LogP contribution in [0.3, 0.4) is 0 Å². The van der Waals surface area contributed by atoms with E-state index < -0.39 is 10.0 Å². The maximum Gasteiger partial charge on any atom is 0.316 e. The molecule has 4 aromatic rings. The van der Waals surface area contributed by atoms with Gasteiger partial charge >= 0.3 is 6.01 Å². The molecule has 2 aromatic heterocycles. The van der Waals surface area contributed by atoms with Crippen molar-refractivity contribution >= 4 is 26.8 Å². The zero-order valence-electron chi connectivity index (χ0n) is 16.8. The number of sulfonamides is 1. The maximum absolute atomic E-state index is 13.5. The molecule has 0 aliphatic carbocycles. The Kier molecular flexibility index (Phi) is 4.51. The molecule has 10 heteroatoms. The van der Waals surface area contributed by atoms with Crippen LogP contribution in [0.25, 0.3) is 22.2 Å². The number of ether oxygens (including phenoxy) is 2. The average Bonchev–Trinajstić information content (AvgIpc) is 3.17. The van der Waals surface area contributed by atoms with Crippen LogP contribution < -0.4 is 13.8 Å². The summed E-state index contributed by atoms with van der Waals surface area (Å²) in [7, 11) is -2.36. The Balaban J connectivity index is 1.57. The van der Waals surface area contributed by atoms with Crippen molar-refractivity contribution in [2.75, 3.05) is 24.6 Å². The van der Waals surface area contributed by atoms with E-state index in [1.807, 2.05) is 6.07 Å². The molecule has 0 N–H and O–H groups in total. The molecule has 2 aromatic carbocycles. The summed E-state index contributed by atoms with van der Waals surface area (Å²) < 4.78 is 44.6. The number of methoxy groups -OCH3 is 1. The second-order valence-corrected chi connectivity index (χ2v) is 8.79. The van der Waals surface area contributed by atoms with E-state index in [4.69, 9.17) is 13.9 Å². The number of benzene rings is 2. The van der Waals surface area contributed by atoms with Gasteiger partial charge < -0.3 is 13.9 Å². The van der Waals surface area contributed by atoms with E-state index in [-0.39, 0.29) is 24.1 Å². The van der Waals surface area contributed by atoms with Crippen molar-refractivity contribution in [2.24, 2.45) is 0 Å². The van der Waals surface area contributed by atoms with E-state index in [2.05, 4.69) is 15.0 Å². The highest BCUT2D eigenvalue weighted by Gasteiger charge is 2.31. The minimum atomic E-state index is -3.85. The van der Waals surface area contributed by atoms with E-state index in [9.17, 15) is 8.42 Å². The second-order valence-electron chi connectivity index (χ2n) is 6.93. The molecule has 0 saturated carbocycles. The van der Waals surface area contributed by atoms with Crippen LogP contribution in [0.15, 0.2) is 58.1 Å². The zero-order valence-corrected chi connectivity index (χ0v) is 17.6. The molecule has 0 saturated heterocycles. The van der Waals surface area contributed by atoms with Gasteiger partial charge in [-0.1, -0.05) is 6.07 Å². The molecule has 0 bridgehead atoms. The van der Waals surface area contributed by atoms with Crippen LogP contribution in [-0.4, -0.2) is 43.6 Å². The van der Waals surface area contributed by atoms with Crippen molar-refractivity contribution in [2.45, 2.75) is 11.8 Å². The fraction of sp³-hybridized carbons (Fsp3) is 0.190. The molecule has 1 aliphatic rings. The Morgan fingerprint density at radius 1 is 1.06 bits per heavy atom. The summed E-state index contributed by atoms with van der Waals surface area (Å²) in [6, 6.07) is 10.3. The van der Waals surface area contributed by atoms with Gasteiger partial charge in [-0.05, 0) is 29.8 Å². The molecule has 0 fully saturated rings. The number of nitrogens with zero attached hydrogens (tertiary/aromatic N) is 4. The third-order valence-corrected chi connectivity index (χ3v) is 6.79. The first-order valence-corrected chi connectivity index (χ1v) is 10.9. The third-order valence-electron chi connectivity index (χ3n) is 4.98. The Morgan fingerprint density at radius 2 is 1.87 bits per heavy atom. The van der Waals surface area contributed by atoms with Crippen molar-refractivity contribution < 1.29 is 22.3 Å². The number of aromatic nitrogens is 3. The molecule has 5 rings (SSSR count). The number of hydrogen-bond acceptors (Lipinski definition) is 8. The first kappa shape index (κ1) is 19.3. The van der Waals surface area contributed by atoms with Gasteiger partial charge in [-0.25, -0.2) is 23.4 Å². The lowest BCUT2D eigenvalue weighted by Crippen LogP contribution is -2.37. The molecular formula is C21H18N4O5S. The summed E-state index contributed by atoms with van der Waals surface area (Å²) in [6.07, 6.45) is 3.24. The van der Waals surface area contributed by atoms with E-state index in [1.54, 1.807) is 37.5 Å². The lowest BCUT2D eigenvalue weighted by atomic mass is 10.1. The van der Waals surface area contributed by atoms with Gasteiger partial charge in [0.2, 0.25) is 0 Å². The van der Waals surface area contributed by atoms with Gasteiger partial charge in [0.15, 0.2) is 11.5 Å². The molecule has 0 atom stereocenters. The quantitative estimate of drug-likeness (QED) is 0.478. The number of oxazole rings is 1. The third kappa shape index (κ3) is 3.34. The highest BCUT2D eigenvalue weighted by molar-refractivity contribution is 7.92. The van der Waals surface area contributed by atoms with Gasteiger partial charge in [0, 0.05) is 30.9 Å². The summed E-state index contributed by atoms with van der Waals surface area (Å²) in [5.74, 6) is 0.970. The van der Waals surface area contributed by atoms with Crippen LogP contribution in [0.4, 0.5) is 5.69 Å². The normalized spacial score (nSPS) is 13.7. The minimum Gasteiger partial charge on any atom is -0.489 e. The summed E-state index contributed by atoms with van der Waals surface area (Å²) in [6.45, 7) is 2.16. The molecule has 158 valence electrons. The van der Waals surface area contributed by atoms with Crippen LogP contribution in [0, 0.1) is 6.92 Å². The topological polar surface area (TPSA) is 108 Å². The van der Waals surface area contributed by atoms with Crippen molar-refractivity contribution in [3.05, 3.63) is 54.7 Å². The Morgan fingerprint density at radius 3 is 2.65 bits per heavy atom. The van der Waals surface area contributed by atoms with E-state index in [0.29, 0.717) is 28.4 Å². The second kappa shape index (κ2) is 7.24. The van der Waals surface area contributed by atoms with Gasteiger partial charge in [-0.15, -0.1) is 0 Å². The fourth-order valence-electron chi connectivity index (χ4n) is 3.50. The SMILES string of the molecule is COc1ncc(-c2ccc3c(c2)N(S(=O)(=O)c2ccc4nc(C)oc4c2)CCO3)cn1. The molecular weight excluding hydrogens is 420 g/mol. The highest BCUT2D eigenvalue weighted by Crippen LogP contribution is 2.38. The number of anilines is 1. The fourth-order valence-corrected chi connectivity index (χ4v) is 4.97. The van der Waals surface area contributed by atoms with Crippen LogP contribution in [0.5, 0.6) is 11.8 Å². The number of hydrogen-bond donors (Lipinski definition) is 0. The molecule has 31 heavy (non-hydrogen) atoms. The summed E-state index contributed by atoms with van der Waals surface area (Å²) in [5.41, 5.74) is 2.98. The summed E-state index contributed by atoms with van der Waals surface area (Å²) in [4.78, 5) is 12.6. The van der Waals surface area contributed by atoms with Gasteiger partial charge in [-0.3, -0.25) is 4.31 Å². The van der Waals surface area contributed by atoms with E-state index in [1.165, 1.54) is 23.5 Å². The average molecular weight is 438 g/mol. The Labute approximate surface area is 178 Å². The van der Waals surface area contributed by atoms with Gasteiger partial charge in [0.1, 0.15) is 17.9 Å². The summed E-state index contributed by atoms with van der Waals surface area (Å²) in [5, 5.41) is 0. The minimum absolute atomic E-state index is 0.127. The van der Waals surface area contributed by atoms with Gasteiger partial charge in [0.05, 0.1) is 24.2 Å². The first-order chi connectivity index (χ1) is 15.0. The molecule has 3 heterocycles. The predicted octanol–water partition coefficient (Wildman–Crippen LogP) is 3.19. The molecule has 0 amide bonds. The zero-order chi connectivity index (χ0) is 21.6. The van der Waals surface area contributed by atoms with E-state index >= 15 is 0 Å². The molecule has 0 radical (unpaired) electrons. The first-order valence-electron chi connectivity index (χ1n) is 9.49. The predicted molar refractivity (Wildman–Crippen MR) is 113 cm³/mol. The van der Waals surface area contributed by atoms with Crippen molar-refractivity contribution in [3.8, 4) is 22.9 Å². The van der Waals surface area contributed by atoms with Crippen LogP contribution >= 0.6 is 0 Å². The van der Waals surface area contributed by atoms with Crippen molar-refractivity contribution in [3.63, 3.8) is 0 Å². The lowest BCUT2D eigenvalue weighted by Gasteiger charge is -2.30. The van der Waals surface area contributed by atoms with Crippen LogP contribution in [0.2, 0.25) is 0 Å². The molecule has 9 nitrogen and oxygen atoms in total. The summed E-state index contributed by atoms with van der Waals surface area (Å²) >= 11 is 0. The molecule has 1 aliphatic heterocycles. The van der Waals surface area contributed by atoms with Crippen molar-refractivity contribution in [1.82, 2.24) is 15.0 Å². The maximum atomic E-state index is 13.5. The number of aryl methyl sites for hydroxylation is 1. The van der Waals surface area contributed by atoms with Gasteiger partial charge in [0.25, 0.3) is 10.0 Å².